The van der Waals surface area contributed by atoms with Crippen molar-refractivity contribution in [3.05, 3.63) is 78.0 Å². The summed E-state index contributed by atoms with van der Waals surface area (Å²) in [4.78, 5) is 11.5. The number of hydrogen-bond acceptors (Lipinski definition) is 5. The summed E-state index contributed by atoms with van der Waals surface area (Å²) in [6.45, 7) is 2.25. The molecule has 0 aliphatic rings. The van der Waals surface area contributed by atoms with Gasteiger partial charge in [-0.05, 0) is 55.9 Å². The van der Waals surface area contributed by atoms with Gasteiger partial charge in [0.15, 0.2) is 5.69 Å². The lowest BCUT2D eigenvalue weighted by atomic mass is 10.1. The highest BCUT2D eigenvalue weighted by Gasteiger charge is 2.35. The fraction of sp³-hybridized carbons (Fsp3) is 0.182. The minimum absolute atomic E-state index is 0.0607. The largest absolute Gasteiger partial charge is 0.435 e. The number of rotatable bonds is 4. The molecular formula is C22H22F3N5S. The van der Waals surface area contributed by atoms with Gasteiger partial charge in [-0.25, -0.2) is 4.98 Å². The molecule has 162 valence electrons. The number of hydrogen-bond donors (Lipinski definition) is 4. The number of pyridine rings is 2. The van der Waals surface area contributed by atoms with E-state index in [9.17, 15) is 13.2 Å². The zero-order valence-electron chi connectivity index (χ0n) is 17.0. The fourth-order valence-electron chi connectivity index (χ4n) is 2.98. The van der Waals surface area contributed by atoms with Gasteiger partial charge in [0.25, 0.3) is 0 Å². The Morgan fingerprint density at radius 2 is 1.94 bits per heavy atom. The molecule has 0 aliphatic carbocycles. The quantitative estimate of drug-likeness (QED) is 0.303. The smallest absolute Gasteiger partial charge is 0.361 e. The lowest BCUT2D eigenvalue weighted by Gasteiger charge is -2.14. The van der Waals surface area contributed by atoms with Crippen molar-refractivity contribution in [2.24, 2.45) is 0 Å². The number of anilines is 2. The highest BCUT2D eigenvalue weighted by molar-refractivity contribution is 7.80. The lowest BCUT2D eigenvalue weighted by Crippen LogP contribution is -2.12. The van der Waals surface area contributed by atoms with Gasteiger partial charge in [0.1, 0.15) is 0 Å². The van der Waals surface area contributed by atoms with Crippen molar-refractivity contribution in [3.63, 3.8) is 0 Å². The summed E-state index contributed by atoms with van der Waals surface area (Å²) in [6.07, 6.45) is 0.799. The van der Waals surface area contributed by atoms with E-state index in [-0.39, 0.29) is 5.69 Å². The van der Waals surface area contributed by atoms with Crippen molar-refractivity contribution in [3.8, 4) is 0 Å². The monoisotopic (exact) mass is 445 g/mol. The van der Waals surface area contributed by atoms with Crippen LogP contribution in [0.2, 0.25) is 0 Å². The van der Waals surface area contributed by atoms with Crippen LogP contribution >= 0.6 is 12.6 Å². The normalized spacial score (nSPS) is 11.2. The van der Waals surface area contributed by atoms with Gasteiger partial charge in [-0.2, -0.15) is 13.2 Å². The molecule has 0 amide bonds. The molecule has 4 aromatic rings. The molecule has 0 saturated heterocycles. The summed E-state index contributed by atoms with van der Waals surface area (Å²) in [5.74, 6) is 0. The molecular weight excluding hydrogens is 423 g/mol. The van der Waals surface area contributed by atoms with E-state index < -0.39 is 11.9 Å². The second-order valence-electron chi connectivity index (χ2n) is 6.79. The van der Waals surface area contributed by atoms with E-state index in [1.54, 1.807) is 30.6 Å². The summed E-state index contributed by atoms with van der Waals surface area (Å²) >= 11 is 4.02. The number of nitrogens with one attached hydrogen (secondary N) is 3. The average molecular weight is 446 g/mol. The second-order valence-corrected chi connectivity index (χ2v) is 7.30. The number of fused-ring (bicyclic) bond motifs is 1. The Bertz CT molecular complexity index is 1140. The summed E-state index contributed by atoms with van der Waals surface area (Å²) in [7, 11) is 1.86. The van der Waals surface area contributed by atoms with E-state index in [4.69, 9.17) is 0 Å². The maximum atomic E-state index is 13.2. The molecule has 0 saturated carbocycles. The van der Waals surface area contributed by atoms with E-state index in [0.717, 1.165) is 21.4 Å². The lowest BCUT2D eigenvalue weighted by molar-refractivity contribution is -0.140. The SMILES string of the molecule is CNCc1c[nH]c2cc(Nc3ccc(C)nc3C(F)(F)F)ccc12.Sc1cccnc1. The zero-order valence-corrected chi connectivity index (χ0v) is 17.9. The molecule has 3 aromatic heterocycles. The van der Waals surface area contributed by atoms with Crippen LogP contribution in [0.1, 0.15) is 17.0 Å². The molecule has 1 aromatic carbocycles. The third-order valence-electron chi connectivity index (χ3n) is 4.36. The van der Waals surface area contributed by atoms with Gasteiger partial charge < -0.3 is 15.6 Å². The Labute approximate surface area is 183 Å². The van der Waals surface area contributed by atoms with Gasteiger partial charge in [0.05, 0.1) is 5.69 Å². The van der Waals surface area contributed by atoms with Crippen molar-refractivity contribution in [2.75, 3.05) is 12.4 Å². The first-order valence-corrected chi connectivity index (χ1v) is 9.88. The van der Waals surface area contributed by atoms with Gasteiger partial charge in [0, 0.05) is 52.3 Å². The number of H-pyrrole nitrogens is 1. The Balaban J connectivity index is 0.000000330. The van der Waals surface area contributed by atoms with Crippen LogP contribution < -0.4 is 10.6 Å². The van der Waals surface area contributed by atoms with Crippen LogP contribution in [0, 0.1) is 6.92 Å². The second kappa shape index (κ2) is 9.84. The molecule has 0 fully saturated rings. The molecule has 4 rings (SSSR count). The summed E-state index contributed by atoms with van der Waals surface area (Å²) < 4.78 is 39.5. The van der Waals surface area contributed by atoms with Crippen molar-refractivity contribution in [1.82, 2.24) is 20.3 Å². The Morgan fingerprint density at radius 3 is 2.55 bits per heavy atom. The van der Waals surface area contributed by atoms with E-state index in [2.05, 4.69) is 38.2 Å². The van der Waals surface area contributed by atoms with Crippen molar-refractivity contribution >= 4 is 34.9 Å². The minimum Gasteiger partial charge on any atom is -0.361 e. The molecule has 3 N–H and O–H groups in total. The highest BCUT2D eigenvalue weighted by atomic mass is 32.1. The first-order valence-electron chi connectivity index (χ1n) is 9.43. The first-order chi connectivity index (χ1) is 14.8. The van der Waals surface area contributed by atoms with E-state index in [1.165, 1.54) is 13.0 Å². The molecule has 3 heterocycles. The van der Waals surface area contributed by atoms with Crippen LogP contribution in [-0.4, -0.2) is 22.0 Å². The summed E-state index contributed by atoms with van der Waals surface area (Å²) in [6, 6.07) is 12.1. The maximum Gasteiger partial charge on any atom is 0.435 e. The molecule has 0 aliphatic heterocycles. The number of benzene rings is 1. The summed E-state index contributed by atoms with van der Waals surface area (Å²) in [5, 5.41) is 6.93. The van der Waals surface area contributed by atoms with Crippen LogP contribution in [0.25, 0.3) is 10.9 Å². The first kappa shape index (κ1) is 22.6. The Kier molecular flexibility index (Phi) is 7.19. The predicted octanol–water partition coefficient (Wildman–Crippen LogP) is 5.72. The number of aryl methyl sites for hydroxylation is 1. The van der Waals surface area contributed by atoms with Crippen LogP contribution in [0.4, 0.5) is 24.5 Å². The number of aromatic amines is 1. The number of aromatic nitrogens is 3. The number of alkyl halides is 3. The van der Waals surface area contributed by atoms with Gasteiger partial charge in [-0.15, -0.1) is 12.6 Å². The zero-order chi connectivity index (χ0) is 22.4. The van der Waals surface area contributed by atoms with E-state index in [0.29, 0.717) is 17.9 Å². The third kappa shape index (κ3) is 5.99. The summed E-state index contributed by atoms with van der Waals surface area (Å²) in [5.41, 5.74) is 1.88. The number of halogens is 3. The van der Waals surface area contributed by atoms with Crippen molar-refractivity contribution in [1.29, 1.82) is 0 Å². The molecule has 0 radical (unpaired) electrons. The standard InChI is InChI=1S/C17H17F3N4.C5H5NS/c1-10-3-6-14(16(23-10)17(18,19)20)24-12-4-5-13-11(8-21-2)9-22-15(13)7-12;7-5-2-1-3-6-4-5/h3-7,9,21-22,24H,8H2,1-2H3;1-4,7H. The predicted molar refractivity (Wildman–Crippen MR) is 120 cm³/mol. The van der Waals surface area contributed by atoms with Crippen molar-refractivity contribution < 1.29 is 13.2 Å². The number of thiol groups is 1. The van der Waals surface area contributed by atoms with Gasteiger partial charge >= 0.3 is 6.18 Å². The number of nitrogens with zero attached hydrogens (tertiary/aromatic N) is 2. The molecule has 0 bridgehead atoms. The van der Waals surface area contributed by atoms with E-state index in [1.807, 2.05) is 31.4 Å². The van der Waals surface area contributed by atoms with Gasteiger partial charge in [-0.1, -0.05) is 6.07 Å². The Morgan fingerprint density at radius 1 is 1.13 bits per heavy atom. The highest BCUT2D eigenvalue weighted by Crippen LogP contribution is 2.35. The molecule has 31 heavy (non-hydrogen) atoms. The Hall–Kier alpha value is -3.04. The molecule has 5 nitrogen and oxygen atoms in total. The van der Waals surface area contributed by atoms with Crippen LogP contribution in [-0.2, 0) is 12.7 Å². The fourth-order valence-corrected chi connectivity index (χ4v) is 3.14. The molecule has 0 spiro atoms. The van der Waals surface area contributed by atoms with Crippen molar-refractivity contribution in [2.45, 2.75) is 24.5 Å². The van der Waals surface area contributed by atoms with Crippen LogP contribution in [0.15, 0.2) is 66.0 Å². The molecule has 0 atom stereocenters. The van der Waals surface area contributed by atoms with Gasteiger partial charge in [-0.3, -0.25) is 4.98 Å². The third-order valence-corrected chi connectivity index (χ3v) is 4.63. The van der Waals surface area contributed by atoms with Gasteiger partial charge in [0.2, 0.25) is 0 Å². The van der Waals surface area contributed by atoms with Crippen LogP contribution in [0.5, 0.6) is 0 Å². The van der Waals surface area contributed by atoms with Crippen LogP contribution in [0.3, 0.4) is 0 Å². The van der Waals surface area contributed by atoms with E-state index >= 15 is 0 Å². The average Bonchev–Trinajstić information content (AvgIpc) is 3.12. The molecule has 0 unspecified atom stereocenters. The maximum absolute atomic E-state index is 13.2. The molecule has 9 heteroatoms. The topological polar surface area (TPSA) is 65.6 Å². The minimum atomic E-state index is -4.51.